The molecule has 3 fully saturated rings. The zero-order valence-electron chi connectivity index (χ0n) is 24.1. The smallest absolute Gasteiger partial charge is 0.497 e. The van der Waals surface area contributed by atoms with Gasteiger partial charge in [-0.25, -0.2) is 18.4 Å². The first-order valence-corrected chi connectivity index (χ1v) is 13.5. The summed E-state index contributed by atoms with van der Waals surface area (Å²) in [5.41, 5.74) is -1.96. The molecule has 1 saturated heterocycles. The fraction of sp³-hybridized carbons (Fsp3) is 0.690. The number of ether oxygens (including phenoxy) is 5. The second-order valence-corrected chi connectivity index (χ2v) is 13.0. The molecule has 3 atom stereocenters. The molecule has 0 radical (unpaired) electrons. The van der Waals surface area contributed by atoms with Crippen molar-refractivity contribution in [2.75, 3.05) is 13.7 Å². The number of benzene rings is 1. The van der Waals surface area contributed by atoms with Crippen LogP contribution in [0.25, 0.3) is 0 Å². The number of likely N-dealkylation sites (tertiary alicyclic amines) is 1. The molecule has 1 spiro atoms. The maximum atomic E-state index is 13.8. The average Bonchev–Trinajstić information content (AvgIpc) is 3.24. The van der Waals surface area contributed by atoms with Gasteiger partial charge in [-0.3, -0.25) is 9.69 Å². The second kappa shape index (κ2) is 10.4. The first-order valence-electron chi connectivity index (χ1n) is 13.5. The van der Waals surface area contributed by atoms with Crippen molar-refractivity contribution in [1.82, 2.24) is 4.90 Å². The first kappa shape index (κ1) is 29.9. The highest BCUT2D eigenvalue weighted by Crippen LogP contribution is 2.72. The predicted octanol–water partition coefficient (Wildman–Crippen LogP) is 5.52. The van der Waals surface area contributed by atoms with Crippen LogP contribution < -0.4 is 4.74 Å². The number of alkyl halides is 2. The highest BCUT2D eigenvalue weighted by molar-refractivity contribution is 5.75. The Bertz CT molecular complexity index is 1120. The van der Waals surface area contributed by atoms with Crippen LogP contribution in [-0.4, -0.2) is 72.1 Å². The molecule has 222 valence electrons. The van der Waals surface area contributed by atoms with Gasteiger partial charge in [0, 0.05) is 11.8 Å². The number of hydrogen-bond acceptors (Lipinski definition) is 8. The molecule has 1 aromatic rings. The molecule has 1 aromatic carbocycles. The molecule has 11 heteroatoms. The summed E-state index contributed by atoms with van der Waals surface area (Å²) < 4.78 is 55.2. The minimum atomic E-state index is -2.75. The topological polar surface area (TPSA) is 101 Å². The van der Waals surface area contributed by atoms with Crippen LogP contribution in [-0.2, 0) is 30.2 Å². The van der Waals surface area contributed by atoms with Gasteiger partial charge in [0.2, 0.25) is 0 Å². The Balaban J connectivity index is 1.60. The standard InChI is InChI=1S/C29H39F2NO8/c1-26(2,3)39-24(34)32-15-21(37-25(35)40-27(4,5)6)22(20(32)12-17-8-10-19(36-7)11-9-17)38-23(33)18-13-28(14-18)16-29(28,30)31/h8-11,18,20-22H,12-16H2,1-7H3/t18?,20-,21+,22+,28?/m1/s1. The van der Waals surface area contributed by atoms with Crippen molar-refractivity contribution < 1.29 is 46.8 Å². The number of carbonyl (C=O) groups is 3. The number of halogens is 2. The third kappa shape index (κ3) is 6.61. The highest BCUT2D eigenvalue weighted by atomic mass is 19.3. The molecule has 40 heavy (non-hydrogen) atoms. The molecule has 2 saturated carbocycles. The van der Waals surface area contributed by atoms with Gasteiger partial charge < -0.3 is 23.7 Å². The van der Waals surface area contributed by atoms with E-state index in [1.165, 1.54) is 4.90 Å². The van der Waals surface area contributed by atoms with Crippen molar-refractivity contribution in [3.05, 3.63) is 29.8 Å². The number of methoxy groups -OCH3 is 1. The number of rotatable bonds is 6. The van der Waals surface area contributed by atoms with E-state index in [0.717, 1.165) is 5.56 Å². The molecule has 1 aliphatic heterocycles. The van der Waals surface area contributed by atoms with Gasteiger partial charge >= 0.3 is 18.2 Å². The average molecular weight is 568 g/mol. The van der Waals surface area contributed by atoms with Gasteiger partial charge in [0.05, 0.1) is 25.6 Å². The summed E-state index contributed by atoms with van der Waals surface area (Å²) in [5, 5.41) is 0. The van der Waals surface area contributed by atoms with E-state index in [1.807, 2.05) is 12.1 Å². The van der Waals surface area contributed by atoms with Crippen molar-refractivity contribution in [2.45, 2.75) is 103 Å². The van der Waals surface area contributed by atoms with E-state index >= 15 is 0 Å². The largest absolute Gasteiger partial charge is 0.509 e. The minimum Gasteiger partial charge on any atom is -0.497 e. The maximum absolute atomic E-state index is 13.8. The lowest BCUT2D eigenvalue weighted by Gasteiger charge is -2.36. The Morgan fingerprint density at radius 3 is 2.02 bits per heavy atom. The number of amides is 1. The van der Waals surface area contributed by atoms with Crippen molar-refractivity contribution in [3.8, 4) is 5.75 Å². The Labute approximate surface area is 233 Å². The monoisotopic (exact) mass is 567 g/mol. The molecule has 0 bridgehead atoms. The zero-order chi connectivity index (χ0) is 29.7. The fourth-order valence-electron chi connectivity index (χ4n) is 5.38. The third-order valence-electron chi connectivity index (χ3n) is 7.46. The Morgan fingerprint density at radius 2 is 1.52 bits per heavy atom. The highest BCUT2D eigenvalue weighted by Gasteiger charge is 2.76. The van der Waals surface area contributed by atoms with E-state index in [9.17, 15) is 23.2 Å². The maximum Gasteiger partial charge on any atom is 0.509 e. The van der Waals surface area contributed by atoms with Crippen LogP contribution in [0.15, 0.2) is 24.3 Å². The minimum absolute atomic E-state index is 0.0437. The third-order valence-corrected chi connectivity index (χ3v) is 7.46. The quantitative estimate of drug-likeness (QED) is 0.327. The number of carbonyl (C=O) groups excluding carboxylic acids is 3. The summed E-state index contributed by atoms with van der Waals surface area (Å²) in [6, 6.07) is 6.40. The molecule has 3 aliphatic rings. The molecular weight excluding hydrogens is 528 g/mol. The van der Waals surface area contributed by atoms with Gasteiger partial charge in [0.25, 0.3) is 5.92 Å². The number of esters is 1. The van der Waals surface area contributed by atoms with Crippen LogP contribution in [0, 0.1) is 11.3 Å². The van der Waals surface area contributed by atoms with E-state index in [1.54, 1.807) is 60.8 Å². The van der Waals surface area contributed by atoms with E-state index in [-0.39, 0.29) is 32.2 Å². The lowest BCUT2D eigenvalue weighted by Crippen LogP contribution is -2.47. The molecule has 2 aliphatic carbocycles. The van der Waals surface area contributed by atoms with Crippen LogP contribution in [0.1, 0.15) is 66.4 Å². The van der Waals surface area contributed by atoms with E-state index in [2.05, 4.69) is 0 Å². The van der Waals surface area contributed by atoms with Crippen LogP contribution in [0.4, 0.5) is 18.4 Å². The van der Waals surface area contributed by atoms with Crippen molar-refractivity contribution >= 4 is 18.2 Å². The summed E-state index contributed by atoms with van der Waals surface area (Å²) in [6.45, 7) is 10.1. The van der Waals surface area contributed by atoms with Crippen LogP contribution in [0.3, 0.4) is 0 Å². The van der Waals surface area contributed by atoms with Gasteiger partial charge in [0.1, 0.15) is 17.0 Å². The van der Waals surface area contributed by atoms with Crippen LogP contribution in [0.2, 0.25) is 0 Å². The van der Waals surface area contributed by atoms with Crippen molar-refractivity contribution in [1.29, 1.82) is 0 Å². The molecule has 9 nitrogen and oxygen atoms in total. The van der Waals surface area contributed by atoms with Gasteiger partial charge in [-0.2, -0.15) is 0 Å². The van der Waals surface area contributed by atoms with Crippen molar-refractivity contribution in [2.24, 2.45) is 11.3 Å². The molecule has 1 amide bonds. The summed E-state index contributed by atoms with van der Waals surface area (Å²) in [6.07, 6.45) is -3.68. The number of hydrogen-bond donors (Lipinski definition) is 0. The molecule has 4 rings (SSSR count). The summed E-state index contributed by atoms with van der Waals surface area (Å²) in [4.78, 5) is 40.5. The van der Waals surface area contributed by atoms with E-state index < -0.39 is 64.9 Å². The Morgan fingerprint density at radius 1 is 0.950 bits per heavy atom. The summed E-state index contributed by atoms with van der Waals surface area (Å²) in [7, 11) is 1.55. The SMILES string of the molecule is COc1ccc(C[C@@H]2[C@H](OC(=O)C3CC4(C3)CC4(F)F)[C@@H](OC(=O)OC(C)(C)C)CN2C(=O)OC(C)(C)C)cc1. The van der Waals surface area contributed by atoms with Gasteiger partial charge in [-0.15, -0.1) is 0 Å². The lowest BCUT2D eigenvalue weighted by molar-refractivity contribution is -0.168. The molecule has 0 aromatic heterocycles. The Kier molecular flexibility index (Phi) is 7.75. The number of nitrogens with zero attached hydrogens (tertiary/aromatic N) is 1. The molecule has 0 unspecified atom stereocenters. The van der Waals surface area contributed by atoms with Crippen LogP contribution >= 0.6 is 0 Å². The summed E-state index contributed by atoms with van der Waals surface area (Å²) >= 11 is 0. The molecular formula is C29H39F2NO8. The zero-order valence-corrected chi connectivity index (χ0v) is 24.1. The van der Waals surface area contributed by atoms with Gasteiger partial charge in [-0.05, 0) is 78.5 Å². The molecule has 0 N–H and O–H groups in total. The molecule has 1 heterocycles. The van der Waals surface area contributed by atoms with E-state index in [4.69, 9.17) is 23.7 Å². The fourth-order valence-corrected chi connectivity index (χ4v) is 5.38. The van der Waals surface area contributed by atoms with Gasteiger partial charge in [0.15, 0.2) is 12.2 Å². The lowest BCUT2D eigenvalue weighted by atomic mass is 9.71. The summed E-state index contributed by atoms with van der Waals surface area (Å²) in [5.74, 6) is -3.44. The first-order chi connectivity index (χ1) is 18.4. The second-order valence-electron chi connectivity index (χ2n) is 13.0. The Hall–Kier alpha value is -3.11. The normalized spacial score (nSPS) is 28.9. The van der Waals surface area contributed by atoms with Gasteiger partial charge in [-0.1, -0.05) is 12.1 Å². The predicted molar refractivity (Wildman–Crippen MR) is 139 cm³/mol. The van der Waals surface area contributed by atoms with Crippen molar-refractivity contribution in [3.63, 3.8) is 0 Å². The van der Waals surface area contributed by atoms with E-state index in [0.29, 0.717) is 5.75 Å². The van der Waals surface area contributed by atoms with Crippen LogP contribution in [0.5, 0.6) is 5.75 Å².